The first-order valence-corrected chi connectivity index (χ1v) is 13.2. The van der Waals surface area contributed by atoms with Gasteiger partial charge in [-0.25, -0.2) is 0 Å². The number of hydrogen-bond acceptors (Lipinski definition) is 2. The van der Waals surface area contributed by atoms with E-state index in [9.17, 15) is 9.59 Å². The van der Waals surface area contributed by atoms with E-state index in [0.29, 0.717) is 25.8 Å². The van der Waals surface area contributed by atoms with Gasteiger partial charge in [0.1, 0.15) is 6.04 Å². The standard InChI is InChI=1S/C32H40N2O2/c1-5-25(4)33-32(36)30(22-28-12-8-7-9-13-28)34(23-29-14-10-11-24(3)21-29)31(35)20-19-27-17-15-26(6-2)16-18-27/h7-18,21,25,30H,5-6,19-20,22-23H2,1-4H3,(H,33,36)/t25-,30+/m1/s1. The van der Waals surface area contributed by atoms with Crippen LogP contribution in [0, 0.1) is 6.92 Å². The average Bonchev–Trinajstić information content (AvgIpc) is 2.90. The van der Waals surface area contributed by atoms with E-state index in [1.165, 1.54) is 5.56 Å². The summed E-state index contributed by atoms with van der Waals surface area (Å²) in [6.45, 7) is 8.65. The minimum atomic E-state index is -0.586. The molecule has 3 aromatic carbocycles. The van der Waals surface area contributed by atoms with E-state index in [1.54, 1.807) is 4.90 Å². The lowest BCUT2D eigenvalue weighted by atomic mass is 10.0. The topological polar surface area (TPSA) is 49.4 Å². The highest BCUT2D eigenvalue weighted by molar-refractivity contribution is 5.88. The second-order valence-electron chi connectivity index (χ2n) is 9.70. The summed E-state index contributed by atoms with van der Waals surface area (Å²) in [4.78, 5) is 29.1. The highest BCUT2D eigenvalue weighted by Gasteiger charge is 2.30. The number of carbonyl (C=O) groups excluding carboxylic acids is 2. The van der Waals surface area contributed by atoms with Crippen LogP contribution in [0.25, 0.3) is 0 Å². The predicted octanol–water partition coefficient (Wildman–Crippen LogP) is 6.04. The highest BCUT2D eigenvalue weighted by atomic mass is 16.2. The molecule has 190 valence electrons. The van der Waals surface area contributed by atoms with Gasteiger partial charge in [-0.1, -0.05) is 98.3 Å². The monoisotopic (exact) mass is 484 g/mol. The maximum Gasteiger partial charge on any atom is 0.243 e. The quantitative estimate of drug-likeness (QED) is 0.340. The number of carbonyl (C=O) groups is 2. The van der Waals surface area contributed by atoms with Crippen LogP contribution in [0.4, 0.5) is 0 Å². The molecule has 0 spiro atoms. The van der Waals surface area contributed by atoms with Crippen LogP contribution in [0.15, 0.2) is 78.9 Å². The van der Waals surface area contributed by atoms with Crippen molar-refractivity contribution in [2.24, 2.45) is 0 Å². The van der Waals surface area contributed by atoms with Gasteiger partial charge in [0.05, 0.1) is 0 Å². The summed E-state index contributed by atoms with van der Waals surface area (Å²) in [6, 6.07) is 26.1. The third-order valence-electron chi connectivity index (χ3n) is 6.77. The fraction of sp³-hybridized carbons (Fsp3) is 0.375. The van der Waals surface area contributed by atoms with E-state index in [0.717, 1.165) is 35.1 Å². The Kier molecular flexibility index (Phi) is 10.3. The van der Waals surface area contributed by atoms with E-state index >= 15 is 0 Å². The molecule has 3 aromatic rings. The smallest absolute Gasteiger partial charge is 0.243 e. The first-order valence-electron chi connectivity index (χ1n) is 13.2. The zero-order chi connectivity index (χ0) is 25.9. The van der Waals surface area contributed by atoms with Crippen LogP contribution in [0.3, 0.4) is 0 Å². The van der Waals surface area contributed by atoms with Crippen molar-refractivity contribution in [3.63, 3.8) is 0 Å². The lowest BCUT2D eigenvalue weighted by Crippen LogP contribution is -2.52. The summed E-state index contributed by atoms with van der Waals surface area (Å²) < 4.78 is 0. The fourth-order valence-corrected chi connectivity index (χ4v) is 4.34. The van der Waals surface area contributed by atoms with E-state index in [1.807, 2.05) is 62.4 Å². The molecule has 0 radical (unpaired) electrons. The number of amides is 2. The van der Waals surface area contributed by atoms with Gasteiger partial charge in [-0.3, -0.25) is 9.59 Å². The van der Waals surface area contributed by atoms with Crippen molar-refractivity contribution in [2.75, 3.05) is 0 Å². The molecule has 4 nitrogen and oxygen atoms in total. The van der Waals surface area contributed by atoms with Crippen molar-refractivity contribution < 1.29 is 9.59 Å². The van der Waals surface area contributed by atoms with Crippen LogP contribution in [0.2, 0.25) is 0 Å². The molecule has 1 N–H and O–H groups in total. The molecule has 2 atom stereocenters. The summed E-state index contributed by atoms with van der Waals surface area (Å²) in [6.07, 6.45) is 3.32. The number of nitrogens with one attached hydrogen (secondary N) is 1. The summed E-state index contributed by atoms with van der Waals surface area (Å²) in [7, 11) is 0. The normalized spacial score (nSPS) is 12.6. The summed E-state index contributed by atoms with van der Waals surface area (Å²) in [5.74, 6) is -0.0992. The molecule has 2 amide bonds. The number of rotatable bonds is 12. The molecule has 0 heterocycles. The molecule has 0 unspecified atom stereocenters. The van der Waals surface area contributed by atoms with Crippen molar-refractivity contribution in [3.8, 4) is 0 Å². The molecule has 0 fully saturated rings. The van der Waals surface area contributed by atoms with Crippen molar-refractivity contribution in [1.29, 1.82) is 0 Å². The molecule has 0 aliphatic rings. The summed E-state index contributed by atoms with van der Waals surface area (Å²) >= 11 is 0. The Morgan fingerprint density at radius 1 is 0.833 bits per heavy atom. The second-order valence-corrected chi connectivity index (χ2v) is 9.70. The van der Waals surface area contributed by atoms with Crippen LogP contribution in [-0.4, -0.2) is 28.8 Å². The summed E-state index contributed by atoms with van der Waals surface area (Å²) in [5.41, 5.74) is 5.64. The van der Waals surface area contributed by atoms with Gasteiger partial charge in [-0.05, 0) is 55.4 Å². The highest BCUT2D eigenvalue weighted by Crippen LogP contribution is 2.18. The SMILES string of the molecule is CCc1ccc(CCC(=O)N(Cc2cccc(C)c2)[C@@H](Cc2ccccc2)C(=O)N[C@H](C)CC)cc1. The van der Waals surface area contributed by atoms with Gasteiger partial charge in [0.15, 0.2) is 0 Å². The van der Waals surface area contributed by atoms with Gasteiger partial charge in [0.2, 0.25) is 11.8 Å². The maximum atomic E-state index is 13.8. The van der Waals surface area contributed by atoms with Crippen molar-refractivity contribution in [3.05, 3.63) is 107 Å². The number of nitrogens with zero attached hydrogens (tertiary/aromatic N) is 1. The molecule has 0 saturated carbocycles. The number of benzene rings is 3. The summed E-state index contributed by atoms with van der Waals surface area (Å²) in [5, 5.41) is 3.14. The molecule has 3 rings (SSSR count). The first-order chi connectivity index (χ1) is 17.4. The Balaban J connectivity index is 1.89. The number of hydrogen-bond donors (Lipinski definition) is 1. The second kappa shape index (κ2) is 13.6. The van der Waals surface area contributed by atoms with E-state index in [-0.39, 0.29) is 17.9 Å². The van der Waals surface area contributed by atoms with Gasteiger partial charge in [0.25, 0.3) is 0 Å². The molecule has 0 aliphatic heterocycles. The van der Waals surface area contributed by atoms with E-state index < -0.39 is 6.04 Å². The molecular formula is C32H40N2O2. The molecule has 4 heteroatoms. The van der Waals surface area contributed by atoms with E-state index in [4.69, 9.17) is 0 Å². The molecule has 0 aromatic heterocycles. The van der Waals surface area contributed by atoms with Gasteiger partial charge in [-0.15, -0.1) is 0 Å². The van der Waals surface area contributed by atoms with Gasteiger partial charge in [0, 0.05) is 25.4 Å². The van der Waals surface area contributed by atoms with Crippen LogP contribution in [-0.2, 0) is 35.4 Å². The minimum Gasteiger partial charge on any atom is -0.352 e. The third kappa shape index (κ3) is 8.08. The average molecular weight is 485 g/mol. The largest absolute Gasteiger partial charge is 0.352 e. The Bertz CT molecular complexity index is 1110. The number of aryl methyl sites for hydroxylation is 3. The van der Waals surface area contributed by atoms with Crippen LogP contribution >= 0.6 is 0 Å². The van der Waals surface area contributed by atoms with E-state index in [2.05, 4.69) is 49.5 Å². The Morgan fingerprint density at radius 2 is 1.50 bits per heavy atom. The Morgan fingerprint density at radius 3 is 2.14 bits per heavy atom. The van der Waals surface area contributed by atoms with Crippen molar-refractivity contribution in [2.45, 2.75) is 78.4 Å². The van der Waals surface area contributed by atoms with Gasteiger partial charge < -0.3 is 10.2 Å². The Labute approximate surface area is 216 Å². The van der Waals surface area contributed by atoms with Crippen LogP contribution in [0.5, 0.6) is 0 Å². The Hall–Kier alpha value is -3.40. The van der Waals surface area contributed by atoms with Gasteiger partial charge in [-0.2, -0.15) is 0 Å². The van der Waals surface area contributed by atoms with Crippen molar-refractivity contribution >= 4 is 11.8 Å². The van der Waals surface area contributed by atoms with Crippen LogP contribution in [0.1, 0.15) is 61.4 Å². The molecule has 0 bridgehead atoms. The molecule has 36 heavy (non-hydrogen) atoms. The maximum absolute atomic E-state index is 13.8. The van der Waals surface area contributed by atoms with Gasteiger partial charge >= 0.3 is 0 Å². The molecule has 0 aliphatic carbocycles. The predicted molar refractivity (Wildman–Crippen MR) is 148 cm³/mol. The molecular weight excluding hydrogens is 444 g/mol. The fourth-order valence-electron chi connectivity index (χ4n) is 4.34. The zero-order valence-electron chi connectivity index (χ0n) is 22.2. The zero-order valence-corrected chi connectivity index (χ0v) is 22.2. The third-order valence-corrected chi connectivity index (χ3v) is 6.77. The molecule has 0 saturated heterocycles. The minimum absolute atomic E-state index is 0.00342. The lowest BCUT2D eigenvalue weighted by Gasteiger charge is -2.32. The van der Waals surface area contributed by atoms with Crippen molar-refractivity contribution in [1.82, 2.24) is 10.2 Å². The first kappa shape index (κ1) is 27.2. The van der Waals surface area contributed by atoms with Crippen LogP contribution < -0.4 is 5.32 Å². The lowest BCUT2D eigenvalue weighted by molar-refractivity contribution is -0.141.